The van der Waals surface area contributed by atoms with Gasteiger partial charge >= 0.3 is 0 Å². The summed E-state index contributed by atoms with van der Waals surface area (Å²) in [6.45, 7) is 12.0. The minimum Gasteiger partial charge on any atom is -0.344 e. The Bertz CT molecular complexity index is 1090. The van der Waals surface area contributed by atoms with Crippen LogP contribution in [0.4, 0.5) is 21.6 Å². The topological polar surface area (TPSA) is 49.3 Å². The zero-order valence-corrected chi connectivity index (χ0v) is 17.2. The third-order valence-corrected chi connectivity index (χ3v) is 4.55. The number of aromatic nitrogens is 1. The Kier molecular flexibility index (Phi) is 6.07. The minimum atomic E-state index is -0.269. The summed E-state index contributed by atoms with van der Waals surface area (Å²) < 4.78 is 13.3. The van der Waals surface area contributed by atoms with E-state index < -0.39 is 0 Å². The smallest absolute Gasteiger partial charge is 0.139 e. The van der Waals surface area contributed by atoms with Crippen LogP contribution in [-0.2, 0) is 0 Å². The van der Waals surface area contributed by atoms with E-state index >= 15 is 0 Å². The van der Waals surface area contributed by atoms with Crippen LogP contribution in [0.2, 0.25) is 0 Å². The van der Waals surface area contributed by atoms with E-state index in [-0.39, 0.29) is 5.82 Å². The molecule has 148 valence electrons. The maximum absolute atomic E-state index is 13.3. The van der Waals surface area contributed by atoms with Gasteiger partial charge in [-0.2, -0.15) is 0 Å². The van der Waals surface area contributed by atoms with Crippen molar-refractivity contribution in [3.63, 3.8) is 0 Å². The third kappa shape index (κ3) is 5.08. The van der Waals surface area contributed by atoms with Crippen LogP contribution in [0.1, 0.15) is 29.2 Å². The molecule has 4 nitrogen and oxygen atoms in total. The number of halogens is 1. The van der Waals surface area contributed by atoms with Crippen molar-refractivity contribution in [3.8, 4) is 0 Å². The normalized spacial score (nSPS) is 11.3. The molecule has 29 heavy (non-hydrogen) atoms. The summed E-state index contributed by atoms with van der Waals surface area (Å²) in [5, 5.41) is 6.61. The number of nitrogens with one attached hydrogen (secondary N) is 2. The summed E-state index contributed by atoms with van der Waals surface area (Å²) in [7, 11) is 0. The highest BCUT2D eigenvalue weighted by molar-refractivity contribution is 5.92. The minimum absolute atomic E-state index is 0.269. The van der Waals surface area contributed by atoms with Gasteiger partial charge in [-0.15, -0.1) is 0 Å². The van der Waals surface area contributed by atoms with Crippen molar-refractivity contribution in [2.45, 2.75) is 27.7 Å². The standard InChI is InChI=1S/C24H25FN4/c1-15-8-10-23(16(2)13-15)29-24-21(7-6-12-26-24)18(4)27-19(5)28-22-11-9-20(25)14-17(22)3/h6-14H,4H2,1-3,5H3,(H,26,29)(H,27,28). The maximum Gasteiger partial charge on any atom is 0.139 e. The van der Waals surface area contributed by atoms with Gasteiger partial charge in [0.05, 0.1) is 5.69 Å². The van der Waals surface area contributed by atoms with Gasteiger partial charge in [-0.25, -0.2) is 14.4 Å². The molecule has 0 spiro atoms. The fourth-order valence-corrected chi connectivity index (χ4v) is 3.07. The predicted molar refractivity (Wildman–Crippen MR) is 120 cm³/mol. The highest BCUT2D eigenvalue weighted by Gasteiger charge is 2.10. The Morgan fingerprint density at radius 3 is 2.55 bits per heavy atom. The van der Waals surface area contributed by atoms with E-state index in [0.29, 0.717) is 23.0 Å². The zero-order chi connectivity index (χ0) is 21.0. The van der Waals surface area contributed by atoms with Gasteiger partial charge in [0.25, 0.3) is 0 Å². The maximum atomic E-state index is 13.3. The molecular weight excluding hydrogens is 363 g/mol. The van der Waals surface area contributed by atoms with E-state index in [1.54, 1.807) is 12.3 Å². The summed E-state index contributed by atoms with van der Waals surface area (Å²) in [5.74, 6) is 1.10. The largest absolute Gasteiger partial charge is 0.344 e. The molecule has 0 amide bonds. The van der Waals surface area contributed by atoms with Gasteiger partial charge in [-0.05, 0) is 75.2 Å². The van der Waals surface area contributed by atoms with Gasteiger partial charge in [-0.3, -0.25) is 0 Å². The van der Waals surface area contributed by atoms with Crippen molar-refractivity contribution in [2.75, 3.05) is 5.32 Å². The lowest BCUT2D eigenvalue weighted by Crippen LogP contribution is -2.18. The van der Waals surface area contributed by atoms with E-state index in [9.17, 15) is 4.39 Å². The molecule has 0 saturated carbocycles. The summed E-state index contributed by atoms with van der Waals surface area (Å²) in [6.07, 6.45) is 1.74. The van der Waals surface area contributed by atoms with Gasteiger partial charge in [-0.1, -0.05) is 24.3 Å². The van der Waals surface area contributed by atoms with Gasteiger partial charge in [0.15, 0.2) is 0 Å². The van der Waals surface area contributed by atoms with Gasteiger partial charge in [0.1, 0.15) is 17.5 Å². The Labute approximate surface area is 171 Å². The van der Waals surface area contributed by atoms with Crippen LogP contribution in [0, 0.1) is 26.6 Å². The van der Waals surface area contributed by atoms with Crippen LogP contribution >= 0.6 is 0 Å². The Morgan fingerprint density at radius 1 is 1.03 bits per heavy atom. The lowest BCUT2D eigenvalue weighted by molar-refractivity contribution is 0.627. The third-order valence-electron chi connectivity index (χ3n) is 4.55. The molecule has 3 rings (SSSR count). The molecule has 0 unspecified atom stereocenters. The van der Waals surface area contributed by atoms with Crippen molar-refractivity contribution in [3.05, 3.63) is 89.4 Å². The first-order chi connectivity index (χ1) is 13.8. The van der Waals surface area contributed by atoms with Gasteiger partial charge in [0, 0.05) is 23.1 Å². The number of anilines is 2. The fraction of sp³-hybridized carbons (Fsp3) is 0.167. The Hall–Kier alpha value is -3.47. The molecule has 2 N–H and O–H groups in total. The summed E-state index contributed by atoms with van der Waals surface area (Å²) in [4.78, 5) is 9.02. The summed E-state index contributed by atoms with van der Waals surface area (Å²) >= 11 is 0. The number of hydrogen-bond acceptors (Lipinski definition) is 3. The molecule has 0 aliphatic heterocycles. The zero-order valence-electron chi connectivity index (χ0n) is 17.2. The van der Waals surface area contributed by atoms with E-state index in [0.717, 1.165) is 22.4 Å². The first kappa shape index (κ1) is 20.3. The number of pyridine rings is 1. The van der Waals surface area contributed by atoms with Crippen molar-refractivity contribution >= 4 is 28.7 Å². The SMILES string of the molecule is C=C(NC(C)=Nc1ccc(F)cc1C)c1cccnc1Nc1ccc(C)cc1C. The molecule has 1 aromatic heterocycles. The first-order valence-corrected chi connectivity index (χ1v) is 9.40. The average Bonchev–Trinajstić information content (AvgIpc) is 2.66. The molecule has 0 atom stereocenters. The second-order valence-electron chi connectivity index (χ2n) is 7.07. The molecule has 0 saturated heterocycles. The van der Waals surface area contributed by atoms with Crippen LogP contribution in [0.15, 0.2) is 66.3 Å². The monoisotopic (exact) mass is 388 g/mol. The second kappa shape index (κ2) is 8.69. The Balaban J connectivity index is 1.81. The average molecular weight is 388 g/mol. The first-order valence-electron chi connectivity index (χ1n) is 9.40. The van der Waals surface area contributed by atoms with Gasteiger partial charge < -0.3 is 10.6 Å². The van der Waals surface area contributed by atoms with Crippen LogP contribution in [0.3, 0.4) is 0 Å². The molecule has 2 aromatic carbocycles. The summed E-state index contributed by atoms with van der Waals surface area (Å²) in [5.41, 5.74) is 6.35. The molecule has 0 aliphatic rings. The predicted octanol–water partition coefficient (Wildman–Crippen LogP) is 6.20. The van der Waals surface area contributed by atoms with E-state index in [1.807, 2.05) is 32.0 Å². The second-order valence-corrected chi connectivity index (χ2v) is 7.07. The van der Waals surface area contributed by atoms with Crippen molar-refractivity contribution in [2.24, 2.45) is 4.99 Å². The van der Waals surface area contributed by atoms with Crippen LogP contribution < -0.4 is 10.6 Å². The molecule has 3 aromatic rings. The molecular formula is C24H25FN4. The highest BCUT2D eigenvalue weighted by Crippen LogP contribution is 2.26. The number of aliphatic imine (C=N–C) groups is 1. The van der Waals surface area contributed by atoms with Crippen molar-refractivity contribution < 1.29 is 4.39 Å². The molecule has 0 fully saturated rings. The fourth-order valence-electron chi connectivity index (χ4n) is 3.07. The molecule has 5 heteroatoms. The molecule has 0 aliphatic carbocycles. The number of benzene rings is 2. The van der Waals surface area contributed by atoms with Crippen LogP contribution in [0.5, 0.6) is 0 Å². The van der Waals surface area contributed by atoms with E-state index in [4.69, 9.17) is 0 Å². The lowest BCUT2D eigenvalue weighted by Gasteiger charge is -2.16. The number of hydrogen-bond donors (Lipinski definition) is 2. The summed E-state index contributed by atoms with van der Waals surface area (Å²) in [6, 6.07) is 14.6. The number of nitrogens with zero attached hydrogens (tertiary/aromatic N) is 2. The molecule has 0 bridgehead atoms. The Morgan fingerprint density at radius 2 is 1.83 bits per heavy atom. The quantitative estimate of drug-likeness (QED) is 0.404. The number of rotatable bonds is 5. The van der Waals surface area contributed by atoms with Crippen LogP contribution in [0.25, 0.3) is 5.70 Å². The van der Waals surface area contributed by atoms with Crippen molar-refractivity contribution in [1.29, 1.82) is 0 Å². The number of amidine groups is 1. The lowest BCUT2D eigenvalue weighted by atomic mass is 10.1. The highest BCUT2D eigenvalue weighted by atomic mass is 19.1. The van der Waals surface area contributed by atoms with E-state index in [1.165, 1.54) is 17.7 Å². The van der Waals surface area contributed by atoms with Crippen LogP contribution in [-0.4, -0.2) is 10.8 Å². The van der Waals surface area contributed by atoms with Gasteiger partial charge in [0.2, 0.25) is 0 Å². The van der Waals surface area contributed by atoms with E-state index in [2.05, 4.69) is 53.2 Å². The molecule has 1 heterocycles. The van der Waals surface area contributed by atoms with Crippen molar-refractivity contribution in [1.82, 2.24) is 10.3 Å². The molecule has 0 radical (unpaired) electrons. The number of aryl methyl sites for hydroxylation is 3.